The molecule has 2 N–H and O–H groups in total. The Labute approximate surface area is 124 Å². The molecule has 3 rings (SSSR count). The molecular formula is C17H25NOS. The fraction of sp³-hybridized carbons (Fsp3) is 0.647. The van der Waals surface area contributed by atoms with E-state index in [0.29, 0.717) is 5.92 Å². The molecule has 0 heterocycles. The third-order valence-corrected chi connectivity index (χ3v) is 6.97. The van der Waals surface area contributed by atoms with Crippen LogP contribution in [0.15, 0.2) is 24.3 Å². The maximum Gasteiger partial charge on any atom is 0.0541 e. The van der Waals surface area contributed by atoms with Crippen molar-refractivity contribution < 1.29 is 4.21 Å². The predicted octanol–water partition coefficient (Wildman–Crippen LogP) is 3.33. The molecule has 1 aromatic rings. The van der Waals surface area contributed by atoms with Crippen molar-refractivity contribution in [3.05, 3.63) is 35.4 Å². The Morgan fingerprint density at radius 2 is 1.85 bits per heavy atom. The summed E-state index contributed by atoms with van der Waals surface area (Å²) in [5, 5.41) is 0.152. The Bertz CT molecular complexity index is 482. The van der Waals surface area contributed by atoms with Crippen LogP contribution >= 0.6 is 0 Å². The second-order valence-corrected chi connectivity index (χ2v) is 8.05. The number of nitrogens with two attached hydrogens (primary N) is 1. The van der Waals surface area contributed by atoms with Gasteiger partial charge < -0.3 is 5.73 Å². The topological polar surface area (TPSA) is 43.1 Å². The maximum atomic E-state index is 12.8. The van der Waals surface area contributed by atoms with Crippen molar-refractivity contribution in [1.82, 2.24) is 0 Å². The van der Waals surface area contributed by atoms with Crippen LogP contribution in [-0.4, -0.2) is 15.2 Å². The highest BCUT2D eigenvalue weighted by molar-refractivity contribution is 7.85. The van der Waals surface area contributed by atoms with E-state index < -0.39 is 10.8 Å². The standard InChI is InChI=1S/C17H25NOS/c18-17-15-10-4-3-8-14(15)9-5-11-16(17)20(19)12-13-6-1-2-7-13/h3-4,8,10,13,16-17H,1-2,5-7,9,11-12,18H2. The van der Waals surface area contributed by atoms with Gasteiger partial charge in [-0.25, -0.2) is 0 Å². The summed E-state index contributed by atoms with van der Waals surface area (Å²) in [5.41, 5.74) is 9.07. The Balaban J connectivity index is 1.74. The summed E-state index contributed by atoms with van der Waals surface area (Å²) in [6.07, 6.45) is 8.39. The summed E-state index contributed by atoms with van der Waals surface area (Å²) in [7, 11) is -0.770. The minimum Gasteiger partial charge on any atom is -0.323 e. The largest absolute Gasteiger partial charge is 0.323 e. The van der Waals surface area contributed by atoms with Crippen LogP contribution in [-0.2, 0) is 17.2 Å². The lowest BCUT2D eigenvalue weighted by Crippen LogP contribution is -2.32. The summed E-state index contributed by atoms with van der Waals surface area (Å²) in [6, 6.07) is 8.40. The SMILES string of the molecule is NC1c2ccccc2CCCC1S(=O)CC1CCCC1. The van der Waals surface area contributed by atoms with Gasteiger partial charge in [0.25, 0.3) is 0 Å². The molecule has 0 amide bonds. The molecule has 110 valence electrons. The molecule has 20 heavy (non-hydrogen) atoms. The number of rotatable bonds is 3. The van der Waals surface area contributed by atoms with Gasteiger partial charge in [0.2, 0.25) is 0 Å². The third kappa shape index (κ3) is 2.99. The van der Waals surface area contributed by atoms with Crippen LogP contribution in [0.5, 0.6) is 0 Å². The van der Waals surface area contributed by atoms with Gasteiger partial charge in [0.05, 0.1) is 5.25 Å². The lowest BCUT2D eigenvalue weighted by atomic mass is 10.00. The van der Waals surface area contributed by atoms with Crippen LogP contribution in [0.4, 0.5) is 0 Å². The van der Waals surface area contributed by atoms with Crippen LogP contribution in [0.1, 0.15) is 55.7 Å². The van der Waals surface area contributed by atoms with Crippen molar-refractivity contribution in [2.45, 2.75) is 56.2 Å². The third-order valence-electron chi connectivity index (χ3n) is 4.96. The van der Waals surface area contributed by atoms with Crippen molar-refractivity contribution in [2.75, 3.05) is 5.75 Å². The predicted molar refractivity (Wildman–Crippen MR) is 85.1 cm³/mol. The van der Waals surface area contributed by atoms with Gasteiger partial charge in [-0.15, -0.1) is 0 Å². The Kier molecular flexibility index (Phi) is 4.57. The fourth-order valence-corrected chi connectivity index (χ4v) is 5.74. The van der Waals surface area contributed by atoms with Gasteiger partial charge >= 0.3 is 0 Å². The molecule has 1 saturated carbocycles. The lowest BCUT2D eigenvalue weighted by Gasteiger charge is -2.23. The lowest BCUT2D eigenvalue weighted by molar-refractivity contribution is 0.570. The highest BCUT2D eigenvalue weighted by Gasteiger charge is 2.30. The van der Waals surface area contributed by atoms with Crippen molar-refractivity contribution in [2.24, 2.45) is 11.7 Å². The molecule has 0 bridgehead atoms. The van der Waals surface area contributed by atoms with Gasteiger partial charge in [0.1, 0.15) is 0 Å². The number of aryl methyl sites for hydroxylation is 1. The highest BCUT2D eigenvalue weighted by atomic mass is 32.2. The van der Waals surface area contributed by atoms with Crippen molar-refractivity contribution in [3.63, 3.8) is 0 Å². The monoisotopic (exact) mass is 291 g/mol. The van der Waals surface area contributed by atoms with Crippen LogP contribution in [0.25, 0.3) is 0 Å². The smallest absolute Gasteiger partial charge is 0.0541 e. The van der Waals surface area contributed by atoms with Gasteiger partial charge in [0, 0.05) is 22.6 Å². The molecule has 3 atom stereocenters. The zero-order chi connectivity index (χ0) is 13.9. The molecule has 1 aromatic carbocycles. The van der Waals surface area contributed by atoms with E-state index >= 15 is 0 Å². The molecule has 3 unspecified atom stereocenters. The van der Waals surface area contributed by atoms with Crippen molar-refractivity contribution >= 4 is 10.8 Å². The number of hydrogen-bond acceptors (Lipinski definition) is 2. The Morgan fingerprint density at radius 1 is 1.10 bits per heavy atom. The van der Waals surface area contributed by atoms with Crippen LogP contribution in [0.3, 0.4) is 0 Å². The van der Waals surface area contributed by atoms with Crippen molar-refractivity contribution in [1.29, 1.82) is 0 Å². The van der Waals surface area contributed by atoms with E-state index in [9.17, 15) is 4.21 Å². The van der Waals surface area contributed by atoms with E-state index in [1.807, 2.05) is 0 Å². The Morgan fingerprint density at radius 3 is 2.65 bits per heavy atom. The van der Waals surface area contributed by atoms with Gasteiger partial charge in [-0.2, -0.15) is 0 Å². The normalized spacial score (nSPS) is 28.9. The molecule has 2 nitrogen and oxygen atoms in total. The molecule has 2 aliphatic carbocycles. The molecular weight excluding hydrogens is 266 g/mol. The van der Waals surface area contributed by atoms with E-state index in [2.05, 4.69) is 24.3 Å². The fourth-order valence-electron chi connectivity index (χ4n) is 3.79. The molecule has 3 heteroatoms. The first kappa shape index (κ1) is 14.3. The molecule has 0 radical (unpaired) electrons. The van der Waals surface area contributed by atoms with Gasteiger partial charge in [-0.1, -0.05) is 37.1 Å². The second kappa shape index (κ2) is 6.40. The van der Waals surface area contributed by atoms with Crippen molar-refractivity contribution in [3.8, 4) is 0 Å². The summed E-state index contributed by atoms with van der Waals surface area (Å²) < 4.78 is 12.8. The first-order valence-electron chi connectivity index (χ1n) is 7.96. The molecule has 0 saturated heterocycles. The quantitative estimate of drug-likeness (QED) is 0.868. The number of benzene rings is 1. The van der Waals surface area contributed by atoms with Gasteiger partial charge in [0.15, 0.2) is 0 Å². The minimum atomic E-state index is -0.770. The molecule has 0 aromatic heterocycles. The van der Waals surface area contributed by atoms with E-state index in [4.69, 9.17) is 5.73 Å². The zero-order valence-electron chi connectivity index (χ0n) is 12.1. The summed E-state index contributed by atoms with van der Waals surface area (Å²) in [4.78, 5) is 0. The van der Waals surface area contributed by atoms with E-state index in [1.165, 1.54) is 36.8 Å². The zero-order valence-corrected chi connectivity index (χ0v) is 12.9. The summed E-state index contributed by atoms with van der Waals surface area (Å²) >= 11 is 0. The second-order valence-electron chi connectivity index (χ2n) is 6.35. The van der Waals surface area contributed by atoms with E-state index in [-0.39, 0.29) is 11.3 Å². The van der Waals surface area contributed by atoms with E-state index in [0.717, 1.165) is 25.0 Å². The Hall–Kier alpha value is -0.670. The maximum absolute atomic E-state index is 12.8. The molecule has 1 fully saturated rings. The van der Waals surface area contributed by atoms with Gasteiger partial charge in [-0.3, -0.25) is 4.21 Å². The average molecular weight is 291 g/mol. The van der Waals surface area contributed by atoms with Crippen LogP contribution < -0.4 is 5.73 Å². The molecule has 0 spiro atoms. The van der Waals surface area contributed by atoms with Crippen LogP contribution in [0, 0.1) is 5.92 Å². The van der Waals surface area contributed by atoms with Crippen LogP contribution in [0.2, 0.25) is 0 Å². The first-order valence-corrected chi connectivity index (χ1v) is 9.34. The molecule has 2 aliphatic rings. The molecule has 0 aliphatic heterocycles. The number of hydrogen-bond donors (Lipinski definition) is 1. The minimum absolute atomic E-state index is 0.0454. The summed E-state index contributed by atoms with van der Waals surface area (Å²) in [5.74, 6) is 1.56. The summed E-state index contributed by atoms with van der Waals surface area (Å²) in [6.45, 7) is 0. The first-order chi connectivity index (χ1) is 9.75. The van der Waals surface area contributed by atoms with E-state index in [1.54, 1.807) is 0 Å². The van der Waals surface area contributed by atoms with Gasteiger partial charge in [-0.05, 0) is 49.1 Å². The number of fused-ring (bicyclic) bond motifs is 1. The highest BCUT2D eigenvalue weighted by Crippen LogP contribution is 2.32. The average Bonchev–Trinajstić information content (AvgIpc) is 2.90.